The molecule has 6 heteroatoms. The maximum atomic E-state index is 11.0. The van der Waals surface area contributed by atoms with Gasteiger partial charge in [-0.2, -0.15) is 0 Å². The molecule has 0 saturated heterocycles. The lowest BCUT2D eigenvalue weighted by molar-refractivity contribution is 0.0632. The van der Waals surface area contributed by atoms with Crippen LogP contribution in [0.3, 0.4) is 0 Å². The highest BCUT2D eigenvalue weighted by Gasteiger charge is 2.26. The Hall–Kier alpha value is -2.37. The van der Waals surface area contributed by atoms with Crippen LogP contribution in [0.15, 0.2) is 12.1 Å². The molecule has 0 fully saturated rings. The predicted molar refractivity (Wildman–Crippen MR) is 56.7 cm³/mol. The number of aromatic carboxylic acids is 3. The molecule has 0 spiro atoms. The van der Waals surface area contributed by atoms with E-state index >= 15 is 0 Å². The lowest BCUT2D eigenvalue weighted by atomic mass is 9.94. The van der Waals surface area contributed by atoms with Crippen molar-refractivity contribution in [2.45, 2.75) is 13.3 Å². The normalized spacial score (nSPS) is 9.94. The van der Waals surface area contributed by atoms with Crippen molar-refractivity contribution in [3.8, 4) is 0 Å². The van der Waals surface area contributed by atoms with Gasteiger partial charge in [-0.05, 0) is 18.1 Å². The number of aryl methyl sites for hydroxylation is 1. The van der Waals surface area contributed by atoms with E-state index in [1.165, 1.54) is 6.07 Å². The lowest BCUT2D eigenvalue weighted by Gasteiger charge is -2.10. The van der Waals surface area contributed by atoms with Gasteiger partial charge in [-0.25, -0.2) is 14.4 Å². The summed E-state index contributed by atoms with van der Waals surface area (Å²) in [4.78, 5) is 32.9. The molecule has 90 valence electrons. The van der Waals surface area contributed by atoms with E-state index < -0.39 is 34.6 Å². The first kappa shape index (κ1) is 12.7. The summed E-state index contributed by atoms with van der Waals surface area (Å²) in [5.74, 6) is -4.47. The third kappa shape index (κ3) is 2.25. The second-order valence-electron chi connectivity index (χ2n) is 3.29. The molecule has 1 aromatic rings. The van der Waals surface area contributed by atoms with Crippen LogP contribution in [-0.2, 0) is 6.42 Å². The molecule has 0 aliphatic carbocycles. The second-order valence-corrected chi connectivity index (χ2v) is 3.29. The Morgan fingerprint density at radius 1 is 0.941 bits per heavy atom. The Bertz CT molecular complexity index is 503. The van der Waals surface area contributed by atoms with E-state index in [0.717, 1.165) is 6.07 Å². The summed E-state index contributed by atoms with van der Waals surface area (Å²) in [6, 6.07) is 2.43. The number of benzene rings is 1. The summed E-state index contributed by atoms with van der Waals surface area (Å²) in [6.07, 6.45) is 0.307. The van der Waals surface area contributed by atoms with E-state index in [2.05, 4.69) is 0 Å². The molecule has 3 N–H and O–H groups in total. The van der Waals surface area contributed by atoms with Crippen LogP contribution in [0.4, 0.5) is 0 Å². The Labute approximate surface area is 96.1 Å². The first-order valence-electron chi connectivity index (χ1n) is 4.75. The van der Waals surface area contributed by atoms with Crippen molar-refractivity contribution < 1.29 is 29.7 Å². The first-order chi connectivity index (χ1) is 7.90. The van der Waals surface area contributed by atoms with Gasteiger partial charge in [0.05, 0.1) is 16.7 Å². The largest absolute Gasteiger partial charge is 0.478 e. The molecule has 1 rings (SSSR count). The molecule has 0 radical (unpaired) electrons. The second kappa shape index (κ2) is 4.65. The van der Waals surface area contributed by atoms with E-state index in [4.69, 9.17) is 15.3 Å². The molecule has 0 heterocycles. The van der Waals surface area contributed by atoms with E-state index in [1.807, 2.05) is 0 Å². The van der Waals surface area contributed by atoms with Gasteiger partial charge in [0.25, 0.3) is 0 Å². The fourth-order valence-electron chi connectivity index (χ4n) is 1.59. The first-order valence-corrected chi connectivity index (χ1v) is 4.75. The van der Waals surface area contributed by atoms with Crippen LogP contribution >= 0.6 is 0 Å². The van der Waals surface area contributed by atoms with Gasteiger partial charge in [0.2, 0.25) is 0 Å². The van der Waals surface area contributed by atoms with Crippen LogP contribution in [0, 0.1) is 0 Å². The number of hydrogen-bond donors (Lipinski definition) is 3. The number of hydrogen-bond acceptors (Lipinski definition) is 3. The molecule has 0 amide bonds. The highest BCUT2D eigenvalue weighted by atomic mass is 16.4. The Balaban J connectivity index is 3.71. The van der Waals surface area contributed by atoms with Crippen molar-refractivity contribution in [3.63, 3.8) is 0 Å². The summed E-state index contributed by atoms with van der Waals surface area (Å²) < 4.78 is 0. The molecule has 0 unspecified atom stereocenters. The minimum absolute atomic E-state index is 0.292. The van der Waals surface area contributed by atoms with E-state index in [1.54, 1.807) is 6.92 Å². The van der Waals surface area contributed by atoms with Crippen molar-refractivity contribution in [2.75, 3.05) is 0 Å². The van der Waals surface area contributed by atoms with Gasteiger partial charge in [-0.3, -0.25) is 0 Å². The predicted octanol–water partition coefficient (Wildman–Crippen LogP) is 1.34. The van der Waals surface area contributed by atoms with Crippen LogP contribution in [0.25, 0.3) is 0 Å². The van der Waals surface area contributed by atoms with Crippen LogP contribution in [0.2, 0.25) is 0 Å². The summed E-state index contributed by atoms with van der Waals surface area (Å²) in [5.41, 5.74) is -1.36. The zero-order valence-electron chi connectivity index (χ0n) is 8.93. The average molecular weight is 238 g/mol. The van der Waals surface area contributed by atoms with E-state index in [-0.39, 0.29) is 0 Å². The van der Waals surface area contributed by atoms with Crippen molar-refractivity contribution in [2.24, 2.45) is 0 Å². The van der Waals surface area contributed by atoms with E-state index in [0.29, 0.717) is 12.0 Å². The summed E-state index contributed by atoms with van der Waals surface area (Å²) in [6.45, 7) is 1.66. The van der Waals surface area contributed by atoms with Crippen molar-refractivity contribution >= 4 is 17.9 Å². The van der Waals surface area contributed by atoms with Crippen molar-refractivity contribution in [3.05, 3.63) is 34.4 Å². The quantitative estimate of drug-likeness (QED) is 0.729. The van der Waals surface area contributed by atoms with Crippen molar-refractivity contribution in [1.82, 2.24) is 0 Å². The molecule has 1 aromatic carbocycles. The Morgan fingerprint density at radius 2 is 1.47 bits per heavy atom. The van der Waals surface area contributed by atoms with Gasteiger partial charge < -0.3 is 15.3 Å². The summed E-state index contributed by atoms with van der Waals surface area (Å²) in [7, 11) is 0. The minimum atomic E-state index is -1.56. The lowest BCUT2D eigenvalue weighted by Crippen LogP contribution is -2.16. The number of rotatable bonds is 4. The zero-order chi connectivity index (χ0) is 13.2. The van der Waals surface area contributed by atoms with Crippen molar-refractivity contribution in [1.29, 1.82) is 0 Å². The van der Waals surface area contributed by atoms with Crippen LogP contribution in [0.1, 0.15) is 43.6 Å². The van der Waals surface area contributed by atoms with Gasteiger partial charge in [0, 0.05) is 0 Å². The van der Waals surface area contributed by atoms with Gasteiger partial charge in [0.1, 0.15) is 0 Å². The minimum Gasteiger partial charge on any atom is -0.478 e. The molecule has 0 bridgehead atoms. The average Bonchev–Trinajstić information content (AvgIpc) is 2.26. The third-order valence-corrected chi connectivity index (χ3v) is 2.33. The topological polar surface area (TPSA) is 112 Å². The number of carboxylic acid groups (broad SMARTS) is 3. The third-order valence-electron chi connectivity index (χ3n) is 2.33. The zero-order valence-corrected chi connectivity index (χ0v) is 8.93. The number of carbonyl (C=O) groups is 3. The molecule has 17 heavy (non-hydrogen) atoms. The maximum absolute atomic E-state index is 11.0. The summed E-state index contributed by atoms with van der Waals surface area (Å²) >= 11 is 0. The van der Waals surface area contributed by atoms with Crippen LogP contribution < -0.4 is 0 Å². The highest BCUT2D eigenvalue weighted by Crippen LogP contribution is 2.20. The fourth-order valence-corrected chi connectivity index (χ4v) is 1.59. The monoisotopic (exact) mass is 238 g/mol. The summed E-state index contributed by atoms with van der Waals surface area (Å²) in [5, 5.41) is 26.7. The smallest absolute Gasteiger partial charge is 0.337 e. The van der Waals surface area contributed by atoms with Gasteiger partial charge >= 0.3 is 17.9 Å². The van der Waals surface area contributed by atoms with E-state index in [9.17, 15) is 14.4 Å². The SMILES string of the molecule is CCc1ccc(C(=O)O)c(C(=O)O)c1C(=O)O. The molecule has 0 atom stereocenters. The van der Waals surface area contributed by atoms with Crippen LogP contribution in [0.5, 0.6) is 0 Å². The molecule has 6 nitrogen and oxygen atoms in total. The molecule has 0 saturated carbocycles. The molecular weight excluding hydrogens is 228 g/mol. The van der Waals surface area contributed by atoms with Crippen LogP contribution in [-0.4, -0.2) is 33.2 Å². The fraction of sp³-hybridized carbons (Fsp3) is 0.182. The van der Waals surface area contributed by atoms with Gasteiger partial charge in [0.15, 0.2) is 0 Å². The standard InChI is InChI=1S/C11H10O6/c1-2-5-3-4-6(9(12)13)8(11(16)17)7(5)10(14)15/h3-4H,2H2,1H3,(H,12,13)(H,14,15)(H,16,17). The maximum Gasteiger partial charge on any atom is 0.337 e. The molecule has 0 aliphatic heterocycles. The Morgan fingerprint density at radius 3 is 1.82 bits per heavy atom. The number of carboxylic acids is 3. The van der Waals surface area contributed by atoms with Gasteiger partial charge in [-0.1, -0.05) is 13.0 Å². The van der Waals surface area contributed by atoms with Gasteiger partial charge in [-0.15, -0.1) is 0 Å². The highest BCUT2D eigenvalue weighted by molar-refractivity contribution is 6.09. The Kier molecular flexibility index (Phi) is 3.47. The molecule has 0 aromatic heterocycles. The molecular formula is C11H10O6. The molecule has 0 aliphatic rings.